The maximum Gasteiger partial charge on any atom is 0.128 e. The van der Waals surface area contributed by atoms with Gasteiger partial charge < -0.3 is 23.7 Å². The van der Waals surface area contributed by atoms with E-state index in [1.165, 1.54) is 0 Å². The molecule has 0 bridgehead atoms. The van der Waals surface area contributed by atoms with Crippen LogP contribution in [-0.2, 0) is 23.7 Å². The molecule has 22 heavy (non-hydrogen) atoms. The summed E-state index contributed by atoms with van der Waals surface area (Å²) in [7, 11) is 6.76. The first-order chi connectivity index (χ1) is 10.1. The van der Waals surface area contributed by atoms with E-state index in [-0.39, 0.29) is 12.2 Å². The van der Waals surface area contributed by atoms with Crippen molar-refractivity contribution in [1.82, 2.24) is 0 Å². The van der Waals surface area contributed by atoms with Crippen molar-refractivity contribution in [3.8, 4) is 0 Å². The van der Waals surface area contributed by atoms with Crippen molar-refractivity contribution in [3.63, 3.8) is 0 Å². The lowest BCUT2D eigenvalue weighted by atomic mass is 9.59. The molecule has 0 amide bonds. The van der Waals surface area contributed by atoms with Gasteiger partial charge in [-0.25, -0.2) is 0 Å². The van der Waals surface area contributed by atoms with Crippen LogP contribution in [0.1, 0.15) is 48.0 Å². The average Bonchev–Trinajstić information content (AvgIpc) is 2.54. The molecular formula is C17H34O5. The van der Waals surface area contributed by atoms with Gasteiger partial charge in [-0.05, 0) is 41.0 Å². The first-order valence-corrected chi connectivity index (χ1v) is 7.94. The molecule has 0 aliphatic carbocycles. The van der Waals surface area contributed by atoms with Crippen molar-refractivity contribution in [2.45, 2.75) is 82.6 Å². The number of ether oxygens (including phenoxy) is 5. The van der Waals surface area contributed by atoms with Crippen LogP contribution in [0.3, 0.4) is 0 Å². The van der Waals surface area contributed by atoms with E-state index in [4.69, 9.17) is 23.7 Å². The Labute approximate surface area is 135 Å². The Bertz CT molecular complexity index is 381. The van der Waals surface area contributed by atoms with Crippen molar-refractivity contribution in [3.05, 3.63) is 0 Å². The standard InChI is InChI=1S/C17H34O5/c1-11-13-15(4,19-8)17(6,21-10)16(5,20-9)14(3,22-13)12(2)18-7/h12-13H,11H2,1-10H3. The minimum Gasteiger partial charge on any atom is -0.379 e. The van der Waals surface area contributed by atoms with E-state index in [9.17, 15) is 0 Å². The first kappa shape index (κ1) is 19.8. The zero-order chi connectivity index (χ0) is 17.4. The average molecular weight is 318 g/mol. The van der Waals surface area contributed by atoms with Gasteiger partial charge in [0.1, 0.15) is 22.4 Å². The van der Waals surface area contributed by atoms with Crippen LogP contribution >= 0.6 is 0 Å². The van der Waals surface area contributed by atoms with E-state index in [0.29, 0.717) is 0 Å². The second kappa shape index (κ2) is 6.36. The molecule has 1 aliphatic heterocycles. The van der Waals surface area contributed by atoms with Crippen LogP contribution in [0.4, 0.5) is 0 Å². The summed E-state index contributed by atoms with van der Waals surface area (Å²) >= 11 is 0. The summed E-state index contributed by atoms with van der Waals surface area (Å²) in [5.41, 5.74) is -2.86. The molecule has 132 valence electrons. The van der Waals surface area contributed by atoms with Crippen LogP contribution in [0.25, 0.3) is 0 Å². The van der Waals surface area contributed by atoms with Crippen LogP contribution in [0.15, 0.2) is 0 Å². The van der Waals surface area contributed by atoms with E-state index >= 15 is 0 Å². The molecule has 6 atom stereocenters. The Morgan fingerprint density at radius 2 is 1.41 bits per heavy atom. The number of hydrogen-bond donors (Lipinski definition) is 0. The topological polar surface area (TPSA) is 46.2 Å². The lowest BCUT2D eigenvalue weighted by Crippen LogP contribution is -2.83. The van der Waals surface area contributed by atoms with Crippen LogP contribution < -0.4 is 0 Å². The predicted octanol–water partition coefficient (Wildman–Crippen LogP) is 2.80. The molecule has 0 radical (unpaired) electrons. The molecule has 0 aromatic rings. The Balaban J connectivity index is 3.63. The van der Waals surface area contributed by atoms with Gasteiger partial charge in [-0.2, -0.15) is 0 Å². The van der Waals surface area contributed by atoms with Gasteiger partial charge in [0.15, 0.2) is 0 Å². The lowest BCUT2D eigenvalue weighted by Gasteiger charge is -2.67. The van der Waals surface area contributed by atoms with Gasteiger partial charge in [0.2, 0.25) is 0 Å². The van der Waals surface area contributed by atoms with Crippen molar-refractivity contribution >= 4 is 0 Å². The summed E-state index contributed by atoms with van der Waals surface area (Å²) in [5, 5.41) is 0. The second-order valence-electron chi connectivity index (χ2n) is 6.79. The Morgan fingerprint density at radius 1 is 0.909 bits per heavy atom. The molecule has 5 heteroatoms. The fourth-order valence-electron chi connectivity index (χ4n) is 4.08. The molecule has 0 saturated carbocycles. The molecule has 1 fully saturated rings. The highest BCUT2D eigenvalue weighted by atomic mass is 16.6. The molecule has 1 rings (SSSR count). The number of hydrogen-bond acceptors (Lipinski definition) is 5. The van der Waals surface area contributed by atoms with Gasteiger partial charge >= 0.3 is 0 Å². The van der Waals surface area contributed by atoms with Gasteiger partial charge in [0.05, 0.1) is 12.2 Å². The molecule has 1 heterocycles. The van der Waals surface area contributed by atoms with Gasteiger partial charge in [-0.1, -0.05) is 6.92 Å². The van der Waals surface area contributed by atoms with Gasteiger partial charge in [-0.3, -0.25) is 0 Å². The third-order valence-electron chi connectivity index (χ3n) is 6.55. The van der Waals surface area contributed by atoms with Gasteiger partial charge in [0.25, 0.3) is 0 Å². The molecule has 1 aliphatic rings. The highest BCUT2D eigenvalue weighted by Crippen LogP contribution is 2.55. The molecule has 5 nitrogen and oxygen atoms in total. The molecule has 0 aromatic carbocycles. The van der Waals surface area contributed by atoms with Gasteiger partial charge in [0, 0.05) is 28.4 Å². The van der Waals surface area contributed by atoms with Crippen LogP contribution in [-0.4, -0.2) is 63.1 Å². The summed E-state index contributed by atoms with van der Waals surface area (Å²) < 4.78 is 30.1. The zero-order valence-electron chi connectivity index (χ0n) is 15.9. The first-order valence-electron chi connectivity index (χ1n) is 7.94. The van der Waals surface area contributed by atoms with Crippen molar-refractivity contribution in [1.29, 1.82) is 0 Å². The summed E-state index contributed by atoms with van der Waals surface area (Å²) in [6, 6.07) is 0. The molecule has 0 spiro atoms. The van der Waals surface area contributed by atoms with Gasteiger partial charge in [-0.15, -0.1) is 0 Å². The lowest BCUT2D eigenvalue weighted by molar-refractivity contribution is -0.397. The minimum atomic E-state index is -0.777. The van der Waals surface area contributed by atoms with E-state index in [0.717, 1.165) is 6.42 Å². The fraction of sp³-hybridized carbons (Fsp3) is 1.00. The highest BCUT2D eigenvalue weighted by Gasteiger charge is 2.73. The van der Waals surface area contributed by atoms with E-state index in [1.54, 1.807) is 28.4 Å². The summed E-state index contributed by atoms with van der Waals surface area (Å²) in [4.78, 5) is 0. The van der Waals surface area contributed by atoms with Crippen molar-refractivity contribution in [2.24, 2.45) is 0 Å². The highest BCUT2D eigenvalue weighted by molar-refractivity contribution is 5.23. The number of methoxy groups -OCH3 is 4. The van der Waals surface area contributed by atoms with E-state index < -0.39 is 22.4 Å². The van der Waals surface area contributed by atoms with E-state index in [2.05, 4.69) is 6.92 Å². The fourth-order valence-corrected chi connectivity index (χ4v) is 4.08. The molecule has 0 N–H and O–H groups in total. The maximum absolute atomic E-state index is 6.53. The van der Waals surface area contributed by atoms with Crippen LogP contribution in [0, 0.1) is 0 Å². The smallest absolute Gasteiger partial charge is 0.128 e. The summed E-state index contributed by atoms with van der Waals surface area (Å²) in [6.45, 7) is 12.2. The summed E-state index contributed by atoms with van der Waals surface area (Å²) in [5.74, 6) is 0. The SMILES string of the molecule is CCC1OC(C)(C(C)OC)C(C)(OC)C(C)(OC)C1(C)OC. The van der Waals surface area contributed by atoms with Crippen LogP contribution in [0.2, 0.25) is 0 Å². The molecule has 1 saturated heterocycles. The third-order valence-corrected chi connectivity index (χ3v) is 6.55. The predicted molar refractivity (Wildman–Crippen MR) is 86.3 cm³/mol. The Morgan fingerprint density at radius 3 is 1.73 bits per heavy atom. The Kier molecular flexibility index (Phi) is 5.74. The van der Waals surface area contributed by atoms with Crippen molar-refractivity contribution in [2.75, 3.05) is 28.4 Å². The largest absolute Gasteiger partial charge is 0.379 e. The Hall–Kier alpha value is -0.200. The van der Waals surface area contributed by atoms with E-state index in [1.807, 2.05) is 34.6 Å². The zero-order valence-corrected chi connectivity index (χ0v) is 15.9. The summed E-state index contributed by atoms with van der Waals surface area (Å²) in [6.07, 6.45) is 0.477. The van der Waals surface area contributed by atoms with Crippen LogP contribution in [0.5, 0.6) is 0 Å². The maximum atomic E-state index is 6.53. The quantitative estimate of drug-likeness (QED) is 0.753. The molecule has 0 aromatic heterocycles. The monoisotopic (exact) mass is 318 g/mol. The second-order valence-corrected chi connectivity index (χ2v) is 6.79. The normalized spacial score (nSPS) is 47.5. The third kappa shape index (κ3) is 2.17. The van der Waals surface area contributed by atoms with Crippen molar-refractivity contribution < 1.29 is 23.7 Å². The molecule has 6 unspecified atom stereocenters. The minimum absolute atomic E-state index is 0.145. The number of rotatable bonds is 6. The molecular weight excluding hydrogens is 284 g/mol.